The molecule has 3 rings (SSSR count). The minimum absolute atomic E-state index is 0.0939. The topological polar surface area (TPSA) is 79.6 Å². The Hall–Kier alpha value is -2.62. The fourth-order valence-corrected chi connectivity index (χ4v) is 2.88. The summed E-state index contributed by atoms with van der Waals surface area (Å²) in [5.41, 5.74) is -1.52. The van der Waals surface area contributed by atoms with E-state index in [2.05, 4.69) is 0 Å². The first-order valence-electron chi connectivity index (χ1n) is 7.31. The lowest BCUT2D eigenvalue weighted by molar-refractivity contribution is -0.191. The highest BCUT2D eigenvalue weighted by Gasteiger charge is 2.52. The molecule has 2 heterocycles. The molecule has 2 aliphatic rings. The van der Waals surface area contributed by atoms with Crippen molar-refractivity contribution in [3.05, 3.63) is 29.6 Å². The maximum atomic E-state index is 13.6. The number of cyclic esters (lactones) is 1. The molecule has 2 fully saturated rings. The van der Waals surface area contributed by atoms with Crippen LogP contribution in [-0.4, -0.2) is 41.6 Å². The molecule has 6 nitrogen and oxygen atoms in total. The summed E-state index contributed by atoms with van der Waals surface area (Å²) in [6.07, 6.45) is 1.38. The molecular formula is C16H15FN2O4. The molecule has 0 aromatic heterocycles. The van der Waals surface area contributed by atoms with Gasteiger partial charge in [-0.1, -0.05) is 0 Å². The smallest absolute Gasteiger partial charge is 0.330 e. The Morgan fingerprint density at radius 3 is 3.00 bits per heavy atom. The lowest BCUT2D eigenvalue weighted by Crippen LogP contribution is -2.61. The van der Waals surface area contributed by atoms with Gasteiger partial charge in [-0.25, -0.2) is 9.18 Å². The highest BCUT2D eigenvalue weighted by Crippen LogP contribution is 2.31. The summed E-state index contributed by atoms with van der Waals surface area (Å²) >= 11 is 0. The van der Waals surface area contributed by atoms with Crippen LogP contribution in [0.5, 0.6) is 5.75 Å². The lowest BCUT2D eigenvalue weighted by Gasteiger charge is -2.39. The minimum Gasteiger partial charge on any atom is -0.489 e. The van der Waals surface area contributed by atoms with E-state index >= 15 is 0 Å². The standard InChI is InChI=1S/C16H15FN2O4/c1-16(9-22-11-5-4-10(8-18)12(17)7-11)15(21)19-6-2-3-13(19)14(20)23-16/h4-5,7,13H,2-3,6,9H2,1H3/t13?,16-/m1/s1. The van der Waals surface area contributed by atoms with Crippen LogP contribution in [0.2, 0.25) is 0 Å². The van der Waals surface area contributed by atoms with Gasteiger partial charge in [-0.3, -0.25) is 4.79 Å². The lowest BCUT2D eigenvalue weighted by atomic mass is 10.0. The van der Waals surface area contributed by atoms with Crippen LogP contribution in [0.25, 0.3) is 0 Å². The van der Waals surface area contributed by atoms with E-state index in [-0.39, 0.29) is 23.8 Å². The number of esters is 1. The average Bonchev–Trinajstić information content (AvgIpc) is 3.01. The summed E-state index contributed by atoms with van der Waals surface area (Å²) in [4.78, 5) is 26.1. The van der Waals surface area contributed by atoms with Crippen LogP contribution in [-0.2, 0) is 14.3 Å². The molecule has 2 saturated heterocycles. The van der Waals surface area contributed by atoms with Crippen molar-refractivity contribution in [1.29, 1.82) is 5.26 Å². The molecule has 1 amide bonds. The number of morpholine rings is 1. The maximum absolute atomic E-state index is 13.6. The second-order valence-electron chi connectivity index (χ2n) is 5.85. The molecule has 0 radical (unpaired) electrons. The number of nitriles is 1. The van der Waals surface area contributed by atoms with E-state index in [0.717, 1.165) is 12.5 Å². The van der Waals surface area contributed by atoms with E-state index in [1.165, 1.54) is 24.0 Å². The summed E-state index contributed by atoms with van der Waals surface area (Å²) in [5.74, 6) is -1.27. The number of nitrogens with zero attached hydrogens (tertiary/aromatic N) is 2. The van der Waals surface area contributed by atoms with Gasteiger partial charge in [0.05, 0.1) is 5.56 Å². The number of hydrogen-bond donors (Lipinski definition) is 0. The molecule has 120 valence electrons. The molecule has 2 aliphatic heterocycles. The van der Waals surface area contributed by atoms with Crippen molar-refractivity contribution in [1.82, 2.24) is 4.90 Å². The van der Waals surface area contributed by atoms with E-state index < -0.39 is 23.4 Å². The van der Waals surface area contributed by atoms with E-state index in [9.17, 15) is 14.0 Å². The number of amides is 1. The third-order valence-corrected chi connectivity index (χ3v) is 4.14. The van der Waals surface area contributed by atoms with E-state index in [1.807, 2.05) is 0 Å². The summed E-state index contributed by atoms with van der Waals surface area (Å²) in [5, 5.41) is 8.70. The van der Waals surface area contributed by atoms with Gasteiger partial charge in [0.1, 0.15) is 30.3 Å². The van der Waals surface area contributed by atoms with E-state index in [0.29, 0.717) is 13.0 Å². The monoisotopic (exact) mass is 318 g/mol. The van der Waals surface area contributed by atoms with Crippen molar-refractivity contribution < 1.29 is 23.5 Å². The number of halogens is 1. The predicted molar refractivity (Wildman–Crippen MR) is 75.8 cm³/mol. The Balaban J connectivity index is 1.74. The first-order valence-corrected chi connectivity index (χ1v) is 7.31. The largest absolute Gasteiger partial charge is 0.489 e. The number of ether oxygens (including phenoxy) is 2. The molecule has 1 aromatic carbocycles. The predicted octanol–water partition coefficient (Wildman–Crippen LogP) is 1.38. The Morgan fingerprint density at radius 2 is 2.30 bits per heavy atom. The molecule has 1 aromatic rings. The Kier molecular flexibility index (Phi) is 3.68. The molecule has 2 atom stereocenters. The van der Waals surface area contributed by atoms with Crippen molar-refractivity contribution in [2.45, 2.75) is 31.4 Å². The third-order valence-electron chi connectivity index (χ3n) is 4.14. The summed E-state index contributed by atoms with van der Waals surface area (Å²) in [6.45, 7) is 1.80. The van der Waals surface area contributed by atoms with Crippen LogP contribution in [0.1, 0.15) is 25.3 Å². The SMILES string of the molecule is C[C@]1(COc2ccc(C#N)c(F)c2)OC(=O)C2CCCN2C1=O. The van der Waals surface area contributed by atoms with Gasteiger partial charge in [0.15, 0.2) is 0 Å². The number of benzene rings is 1. The second-order valence-corrected chi connectivity index (χ2v) is 5.85. The Labute approximate surface area is 132 Å². The first-order chi connectivity index (χ1) is 10.9. The zero-order valence-corrected chi connectivity index (χ0v) is 12.5. The second kappa shape index (κ2) is 5.54. The van der Waals surface area contributed by atoms with Crippen LogP contribution in [0, 0.1) is 17.1 Å². The molecule has 0 bridgehead atoms. The number of fused-ring (bicyclic) bond motifs is 1. The summed E-state index contributed by atoms with van der Waals surface area (Å²) < 4.78 is 24.3. The van der Waals surface area contributed by atoms with Gasteiger partial charge in [0.2, 0.25) is 5.60 Å². The number of carbonyl (C=O) groups excluding carboxylic acids is 2. The molecule has 0 aliphatic carbocycles. The number of rotatable bonds is 3. The fraction of sp³-hybridized carbons (Fsp3) is 0.438. The van der Waals surface area contributed by atoms with E-state index in [4.69, 9.17) is 14.7 Å². The van der Waals surface area contributed by atoms with Gasteiger partial charge in [-0.15, -0.1) is 0 Å². The number of hydrogen-bond acceptors (Lipinski definition) is 5. The van der Waals surface area contributed by atoms with Crippen molar-refractivity contribution >= 4 is 11.9 Å². The van der Waals surface area contributed by atoms with Crippen molar-refractivity contribution in [2.75, 3.05) is 13.2 Å². The van der Waals surface area contributed by atoms with Crippen LogP contribution < -0.4 is 4.74 Å². The normalized spacial score (nSPS) is 26.5. The van der Waals surface area contributed by atoms with Crippen LogP contribution in [0.4, 0.5) is 4.39 Å². The molecule has 0 spiro atoms. The van der Waals surface area contributed by atoms with Crippen molar-refractivity contribution in [2.24, 2.45) is 0 Å². The molecule has 7 heteroatoms. The van der Waals surface area contributed by atoms with Gasteiger partial charge in [0.25, 0.3) is 5.91 Å². The van der Waals surface area contributed by atoms with Gasteiger partial charge >= 0.3 is 5.97 Å². The van der Waals surface area contributed by atoms with Crippen LogP contribution >= 0.6 is 0 Å². The molecule has 23 heavy (non-hydrogen) atoms. The molecule has 0 N–H and O–H groups in total. The zero-order chi connectivity index (χ0) is 16.6. The Bertz CT molecular complexity index is 715. The average molecular weight is 318 g/mol. The molecular weight excluding hydrogens is 303 g/mol. The van der Waals surface area contributed by atoms with Crippen molar-refractivity contribution in [3.63, 3.8) is 0 Å². The fourth-order valence-electron chi connectivity index (χ4n) is 2.88. The quantitative estimate of drug-likeness (QED) is 0.787. The van der Waals surface area contributed by atoms with E-state index in [1.54, 1.807) is 6.07 Å². The third kappa shape index (κ3) is 2.61. The van der Waals surface area contributed by atoms with Crippen LogP contribution in [0.15, 0.2) is 18.2 Å². The summed E-state index contributed by atoms with van der Waals surface area (Å²) in [6, 6.07) is 5.00. The highest BCUT2D eigenvalue weighted by molar-refractivity contribution is 5.95. The summed E-state index contributed by atoms with van der Waals surface area (Å²) in [7, 11) is 0. The molecule has 1 unspecified atom stereocenters. The minimum atomic E-state index is -1.43. The van der Waals surface area contributed by atoms with Gasteiger partial charge in [0, 0.05) is 12.6 Å². The highest BCUT2D eigenvalue weighted by atomic mass is 19.1. The first kappa shape index (κ1) is 15.3. The van der Waals surface area contributed by atoms with Gasteiger partial charge < -0.3 is 14.4 Å². The zero-order valence-electron chi connectivity index (χ0n) is 12.5. The van der Waals surface area contributed by atoms with Gasteiger partial charge in [-0.2, -0.15) is 5.26 Å². The van der Waals surface area contributed by atoms with Crippen molar-refractivity contribution in [3.8, 4) is 11.8 Å². The van der Waals surface area contributed by atoms with Crippen LogP contribution in [0.3, 0.4) is 0 Å². The maximum Gasteiger partial charge on any atom is 0.330 e. The number of carbonyl (C=O) groups is 2. The Morgan fingerprint density at radius 1 is 1.52 bits per heavy atom. The molecule has 0 saturated carbocycles. The van der Waals surface area contributed by atoms with Gasteiger partial charge in [-0.05, 0) is 31.9 Å².